The van der Waals surface area contributed by atoms with E-state index in [1.54, 1.807) is 18.6 Å². The van der Waals surface area contributed by atoms with E-state index in [1.165, 1.54) is 22.9 Å². The lowest BCUT2D eigenvalue weighted by Gasteiger charge is -2.08. The van der Waals surface area contributed by atoms with Gasteiger partial charge in [-0.1, -0.05) is 6.07 Å². The lowest BCUT2D eigenvalue weighted by atomic mass is 10.1. The van der Waals surface area contributed by atoms with Crippen LogP contribution in [-0.4, -0.2) is 31.8 Å². The minimum absolute atomic E-state index is 0.160. The molecule has 2 unspecified atom stereocenters. The van der Waals surface area contributed by atoms with E-state index in [2.05, 4.69) is 20.4 Å². The number of fused-ring (bicyclic) bond motifs is 1. The van der Waals surface area contributed by atoms with E-state index in [4.69, 9.17) is 0 Å². The van der Waals surface area contributed by atoms with Crippen LogP contribution in [0.3, 0.4) is 0 Å². The Labute approximate surface area is 164 Å². The van der Waals surface area contributed by atoms with Crippen molar-refractivity contribution in [3.8, 4) is 16.9 Å². The number of halogens is 2. The molecule has 1 N–H and O–H groups in total. The number of pyridine rings is 2. The zero-order chi connectivity index (χ0) is 20.0. The monoisotopic (exact) mass is 391 g/mol. The Morgan fingerprint density at radius 2 is 2.03 bits per heavy atom. The van der Waals surface area contributed by atoms with Crippen molar-refractivity contribution in [2.75, 3.05) is 5.32 Å². The molecule has 3 heterocycles. The molecule has 29 heavy (non-hydrogen) atoms. The Bertz CT molecular complexity index is 1220. The van der Waals surface area contributed by atoms with Crippen molar-refractivity contribution in [1.29, 1.82) is 0 Å². The third kappa shape index (κ3) is 3.33. The maximum atomic E-state index is 14.4. The molecule has 4 aromatic rings. The fourth-order valence-electron chi connectivity index (χ4n) is 3.15. The van der Waals surface area contributed by atoms with Crippen LogP contribution in [-0.2, 0) is 4.79 Å². The fraction of sp³-hybridized carbons (Fsp3) is 0.143. The first-order valence-corrected chi connectivity index (χ1v) is 9.10. The second kappa shape index (κ2) is 6.73. The summed E-state index contributed by atoms with van der Waals surface area (Å²) in [6, 6.07) is 11.6. The highest BCUT2D eigenvalue weighted by molar-refractivity contribution is 5.95. The Balaban J connectivity index is 1.48. The second-order valence-corrected chi connectivity index (χ2v) is 6.94. The van der Waals surface area contributed by atoms with Gasteiger partial charge in [0.15, 0.2) is 5.65 Å². The van der Waals surface area contributed by atoms with E-state index in [9.17, 15) is 13.6 Å². The molecule has 1 amide bonds. The molecule has 0 aliphatic heterocycles. The summed E-state index contributed by atoms with van der Waals surface area (Å²) >= 11 is 0. The van der Waals surface area contributed by atoms with Crippen LogP contribution < -0.4 is 5.32 Å². The molecule has 3 aromatic heterocycles. The molecular weight excluding hydrogens is 376 g/mol. The van der Waals surface area contributed by atoms with Crippen LogP contribution in [0.15, 0.2) is 61.1 Å². The second-order valence-electron chi connectivity index (χ2n) is 6.94. The molecule has 1 aliphatic rings. The number of alkyl halides is 1. The van der Waals surface area contributed by atoms with Gasteiger partial charge in [-0.15, -0.1) is 5.10 Å². The zero-order valence-electron chi connectivity index (χ0n) is 15.1. The Kier molecular flexibility index (Phi) is 4.04. The Morgan fingerprint density at radius 1 is 1.17 bits per heavy atom. The molecule has 1 aromatic carbocycles. The number of benzene rings is 1. The first-order chi connectivity index (χ1) is 14.1. The van der Waals surface area contributed by atoms with Gasteiger partial charge in [0.2, 0.25) is 5.91 Å². The van der Waals surface area contributed by atoms with Crippen LogP contribution in [0.5, 0.6) is 0 Å². The van der Waals surface area contributed by atoms with Crippen LogP contribution in [0.2, 0.25) is 0 Å². The molecule has 144 valence electrons. The van der Waals surface area contributed by atoms with Crippen molar-refractivity contribution < 1.29 is 13.6 Å². The number of carbonyl (C=O) groups excluding carboxylic acids is 1. The summed E-state index contributed by atoms with van der Waals surface area (Å²) in [6.07, 6.45) is 4.17. The van der Waals surface area contributed by atoms with Gasteiger partial charge in [0.1, 0.15) is 17.7 Å². The lowest BCUT2D eigenvalue weighted by Crippen LogP contribution is -2.15. The molecule has 0 bridgehead atoms. The number of anilines is 1. The summed E-state index contributed by atoms with van der Waals surface area (Å²) < 4.78 is 28.9. The summed E-state index contributed by atoms with van der Waals surface area (Å²) in [5.74, 6) is -1.53. The van der Waals surface area contributed by atoms with E-state index < -0.39 is 23.8 Å². The van der Waals surface area contributed by atoms with Gasteiger partial charge in [-0.05, 0) is 42.8 Å². The van der Waals surface area contributed by atoms with Gasteiger partial charge >= 0.3 is 0 Å². The van der Waals surface area contributed by atoms with E-state index in [1.807, 2.05) is 24.3 Å². The predicted molar refractivity (Wildman–Crippen MR) is 104 cm³/mol. The number of aromatic nitrogens is 4. The number of nitrogens with zero attached hydrogens (tertiary/aromatic N) is 4. The number of rotatable bonds is 4. The quantitative estimate of drug-likeness (QED) is 0.572. The molecule has 2 atom stereocenters. The highest BCUT2D eigenvalue weighted by Crippen LogP contribution is 2.35. The van der Waals surface area contributed by atoms with Gasteiger partial charge in [0, 0.05) is 35.2 Å². The normalized spacial score (nSPS) is 18.0. The summed E-state index contributed by atoms with van der Waals surface area (Å²) in [7, 11) is 0. The van der Waals surface area contributed by atoms with Gasteiger partial charge in [-0.25, -0.2) is 18.4 Å². The third-order valence-corrected chi connectivity index (χ3v) is 4.83. The maximum absolute atomic E-state index is 14.4. The third-order valence-electron chi connectivity index (χ3n) is 4.83. The molecule has 0 saturated heterocycles. The SMILES string of the molecule is O=C(Nc1ccc(F)c(-n2cc3cc(-c4ccccn4)cnc3n2)c1)C1CC1F. The largest absolute Gasteiger partial charge is 0.326 e. The summed E-state index contributed by atoms with van der Waals surface area (Å²) in [5, 5.41) is 7.68. The van der Waals surface area contributed by atoms with Crippen LogP contribution in [0, 0.1) is 11.7 Å². The molecular formula is C21H15F2N5O. The van der Waals surface area contributed by atoms with E-state index in [0.717, 1.165) is 16.6 Å². The van der Waals surface area contributed by atoms with Gasteiger partial charge in [0.25, 0.3) is 0 Å². The molecule has 0 spiro atoms. The highest BCUT2D eigenvalue weighted by atomic mass is 19.1. The number of carbonyl (C=O) groups is 1. The highest BCUT2D eigenvalue weighted by Gasteiger charge is 2.43. The first-order valence-electron chi connectivity index (χ1n) is 9.10. The summed E-state index contributed by atoms with van der Waals surface area (Å²) in [4.78, 5) is 20.6. The smallest absolute Gasteiger partial charge is 0.230 e. The van der Waals surface area contributed by atoms with Crippen molar-refractivity contribution in [3.05, 3.63) is 66.9 Å². The molecule has 5 rings (SSSR count). The first kappa shape index (κ1) is 17.4. The minimum Gasteiger partial charge on any atom is -0.326 e. The molecule has 8 heteroatoms. The van der Waals surface area contributed by atoms with Crippen LogP contribution in [0.25, 0.3) is 28.0 Å². The average molecular weight is 391 g/mol. The van der Waals surface area contributed by atoms with E-state index in [0.29, 0.717) is 11.3 Å². The number of hydrogen-bond donors (Lipinski definition) is 1. The van der Waals surface area contributed by atoms with Crippen molar-refractivity contribution in [2.45, 2.75) is 12.6 Å². The van der Waals surface area contributed by atoms with Gasteiger partial charge in [-0.2, -0.15) is 0 Å². The van der Waals surface area contributed by atoms with Crippen molar-refractivity contribution in [2.24, 2.45) is 5.92 Å². The topological polar surface area (TPSA) is 72.7 Å². The molecule has 1 fully saturated rings. The van der Waals surface area contributed by atoms with Gasteiger partial charge in [0.05, 0.1) is 11.6 Å². The maximum Gasteiger partial charge on any atom is 0.230 e. The van der Waals surface area contributed by atoms with Crippen LogP contribution in [0.1, 0.15) is 6.42 Å². The fourth-order valence-corrected chi connectivity index (χ4v) is 3.15. The number of amides is 1. The summed E-state index contributed by atoms with van der Waals surface area (Å²) in [5.41, 5.74) is 2.60. The number of nitrogens with one attached hydrogen (secondary N) is 1. The zero-order valence-corrected chi connectivity index (χ0v) is 15.1. The Hall–Kier alpha value is -3.68. The van der Waals surface area contributed by atoms with Gasteiger partial charge < -0.3 is 5.32 Å². The molecule has 1 saturated carbocycles. The standard InChI is InChI=1S/C21H15F2N5O/c22-16-5-4-14(26-21(29)15-9-17(15)23)8-19(16)28-11-13-7-12(10-25-20(13)27-28)18-3-1-2-6-24-18/h1-8,10-11,15,17H,9H2,(H,26,29). The van der Waals surface area contributed by atoms with Gasteiger partial charge in [-0.3, -0.25) is 9.78 Å². The molecule has 6 nitrogen and oxygen atoms in total. The van der Waals surface area contributed by atoms with Crippen molar-refractivity contribution >= 4 is 22.6 Å². The van der Waals surface area contributed by atoms with E-state index >= 15 is 0 Å². The minimum atomic E-state index is -1.09. The molecule has 0 radical (unpaired) electrons. The lowest BCUT2D eigenvalue weighted by molar-refractivity contribution is -0.117. The van der Waals surface area contributed by atoms with Crippen LogP contribution >= 0.6 is 0 Å². The van der Waals surface area contributed by atoms with Crippen molar-refractivity contribution in [1.82, 2.24) is 19.7 Å². The predicted octanol–water partition coefficient (Wildman–Crippen LogP) is 3.92. The number of hydrogen-bond acceptors (Lipinski definition) is 4. The average Bonchev–Trinajstić information content (AvgIpc) is 3.32. The Morgan fingerprint density at radius 3 is 2.79 bits per heavy atom. The van der Waals surface area contributed by atoms with E-state index in [-0.39, 0.29) is 12.1 Å². The van der Waals surface area contributed by atoms with Crippen molar-refractivity contribution in [3.63, 3.8) is 0 Å². The molecule has 1 aliphatic carbocycles. The van der Waals surface area contributed by atoms with Crippen LogP contribution in [0.4, 0.5) is 14.5 Å². The summed E-state index contributed by atoms with van der Waals surface area (Å²) in [6.45, 7) is 0.